The number of thiocarbonyl (C=S) groups is 1. The van der Waals surface area contributed by atoms with Crippen molar-refractivity contribution in [2.24, 2.45) is 0 Å². The maximum atomic E-state index is 11.4. The number of hydrogen-bond acceptors (Lipinski definition) is 5. The van der Waals surface area contributed by atoms with E-state index in [0.29, 0.717) is 22.3 Å². The smallest absolute Gasteiger partial charge is 0.335 e. The number of carbonyl (C=O) groups is 2. The molecule has 1 aliphatic rings. The van der Waals surface area contributed by atoms with Crippen molar-refractivity contribution < 1.29 is 19.1 Å². The van der Waals surface area contributed by atoms with Crippen LogP contribution in [0.25, 0.3) is 11.3 Å². The number of aromatic nitrogens is 1. The van der Waals surface area contributed by atoms with Gasteiger partial charge in [0.25, 0.3) is 0 Å². The molecule has 9 heteroatoms. The van der Waals surface area contributed by atoms with Crippen LogP contribution >= 0.6 is 12.2 Å². The lowest BCUT2D eigenvalue weighted by atomic mass is 10.0. The normalized spacial score (nSPS) is 16.9. The Morgan fingerprint density at radius 3 is 2.51 bits per heavy atom. The van der Waals surface area contributed by atoms with Gasteiger partial charge in [-0.2, -0.15) is 0 Å². The SMILES string of the molecule is CC(=O)Nc1ccc(N2C(=S)N[C@@H](c3ccccn3)[C@H]2c2ccc(-c3ccc(C(=O)O)cc3C)o2)cc1. The van der Waals surface area contributed by atoms with Gasteiger partial charge in [-0.1, -0.05) is 12.1 Å². The second kappa shape index (κ2) is 9.87. The fourth-order valence-electron chi connectivity index (χ4n) is 4.56. The highest BCUT2D eigenvalue weighted by atomic mass is 32.1. The minimum absolute atomic E-state index is 0.144. The van der Waals surface area contributed by atoms with Gasteiger partial charge >= 0.3 is 5.97 Å². The molecule has 5 rings (SSSR count). The van der Waals surface area contributed by atoms with Gasteiger partial charge in [0.1, 0.15) is 17.6 Å². The van der Waals surface area contributed by atoms with Crippen LogP contribution in [0.5, 0.6) is 0 Å². The third-order valence-corrected chi connectivity index (χ3v) is 6.54. The van der Waals surface area contributed by atoms with Crippen LogP contribution in [-0.2, 0) is 4.79 Å². The number of rotatable bonds is 6. The molecule has 3 N–H and O–H groups in total. The van der Waals surface area contributed by atoms with E-state index < -0.39 is 5.97 Å². The molecule has 2 aromatic heterocycles. The molecular formula is C28H24N4O4S. The molecule has 1 aliphatic heterocycles. The van der Waals surface area contributed by atoms with Crippen LogP contribution < -0.4 is 15.5 Å². The standard InChI is InChI=1S/C28H24N4O4S/c1-16-15-18(27(34)35)6-11-21(16)23-12-13-24(36-23)26-25(22-5-3-4-14-29-22)31-28(37)32(26)20-9-7-19(8-10-20)30-17(2)33/h3-15,25-26H,1-2H3,(H,30,33)(H,31,37)(H,34,35)/t25-,26+/m0/s1. The van der Waals surface area contributed by atoms with Crippen LogP contribution in [0.1, 0.15) is 46.4 Å². The molecular weight excluding hydrogens is 488 g/mol. The molecule has 0 spiro atoms. The van der Waals surface area contributed by atoms with Crippen molar-refractivity contribution in [2.45, 2.75) is 25.9 Å². The van der Waals surface area contributed by atoms with Crippen molar-refractivity contribution in [2.75, 3.05) is 10.2 Å². The molecule has 186 valence electrons. The maximum Gasteiger partial charge on any atom is 0.335 e. The molecule has 37 heavy (non-hydrogen) atoms. The van der Waals surface area contributed by atoms with Crippen molar-refractivity contribution in [1.82, 2.24) is 10.3 Å². The summed E-state index contributed by atoms with van der Waals surface area (Å²) in [6.45, 7) is 3.32. The number of carbonyl (C=O) groups excluding carboxylic acids is 1. The van der Waals surface area contributed by atoms with E-state index in [1.165, 1.54) is 6.92 Å². The average molecular weight is 513 g/mol. The summed E-state index contributed by atoms with van der Waals surface area (Å²) in [4.78, 5) is 29.3. The summed E-state index contributed by atoms with van der Waals surface area (Å²) in [6, 6.07) is 21.3. The van der Waals surface area contributed by atoms with E-state index in [2.05, 4.69) is 15.6 Å². The van der Waals surface area contributed by atoms with Gasteiger partial charge in [-0.05, 0) is 85.4 Å². The van der Waals surface area contributed by atoms with E-state index in [4.69, 9.17) is 16.6 Å². The van der Waals surface area contributed by atoms with Gasteiger partial charge in [0.2, 0.25) is 5.91 Å². The molecule has 0 saturated carbocycles. The van der Waals surface area contributed by atoms with E-state index in [1.54, 1.807) is 24.4 Å². The van der Waals surface area contributed by atoms with Gasteiger partial charge in [-0.3, -0.25) is 9.78 Å². The first-order valence-corrected chi connectivity index (χ1v) is 12.0. The fourth-order valence-corrected chi connectivity index (χ4v) is 4.91. The summed E-state index contributed by atoms with van der Waals surface area (Å²) in [6.07, 6.45) is 1.74. The number of nitrogens with one attached hydrogen (secondary N) is 2. The van der Waals surface area contributed by atoms with E-state index in [-0.39, 0.29) is 23.6 Å². The average Bonchev–Trinajstić information content (AvgIpc) is 3.49. The zero-order valence-corrected chi connectivity index (χ0v) is 21.0. The van der Waals surface area contributed by atoms with Crippen LogP contribution in [0, 0.1) is 6.92 Å². The minimum atomic E-state index is -0.973. The first-order chi connectivity index (χ1) is 17.8. The van der Waals surface area contributed by atoms with Gasteiger partial charge < -0.3 is 25.1 Å². The van der Waals surface area contributed by atoms with Gasteiger partial charge in [0.15, 0.2) is 5.11 Å². The Balaban J connectivity index is 1.55. The Kier molecular flexibility index (Phi) is 6.45. The highest BCUT2D eigenvalue weighted by molar-refractivity contribution is 7.80. The van der Waals surface area contributed by atoms with Gasteiger partial charge in [0.05, 0.1) is 17.3 Å². The zero-order valence-electron chi connectivity index (χ0n) is 20.1. The molecule has 4 aromatic rings. The molecule has 3 heterocycles. The summed E-state index contributed by atoms with van der Waals surface area (Å²) in [7, 11) is 0. The monoisotopic (exact) mass is 512 g/mol. The Bertz CT molecular complexity index is 1480. The van der Waals surface area contributed by atoms with Crippen molar-refractivity contribution in [3.05, 3.63) is 102 Å². The Morgan fingerprint density at radius 1 is 1.08 bits per heavy atom. The van der Waals surface area contributed by atoms with Gasteiger partial charge in [-0.25, -0.2) is 4.79 Å². The molecule has 0 bridgehead atoms. The molecule has 1 saturated heterocycles. The lowest BCUT2D eigenvalue weighted by molar-refractivity contribution is -0.114. The Hall–Kier alpha value is -4.50. The molecule has 0 aliphatic carbocycles. The number of aryl methyl sites for hydroxylation is 1. The predicted octanol–water partition coefficient (Wildman–Crippen LogP) is 5.48. The van der Waals surface area contributed by atoms with Crippen molar-refractivity contribution in [1.29, 1.82) is 0 Å². The topological polar surface area (TPSA) is 108 Å². The Labute approximate surface area is 219 Å². The van der Waals surface area contributed by atoms with E-state index in [9.17, 15) is 14.7 Å². The summed E-state index contributed by atoms with van der Waals surface area (Å²) < 4.78 is 6.39. The largest absolute Gasteiger partial charge is 0.478 e. The second-order valence-electron chi connectivity index (χ2n) is 8.76. The number of pyridine rings is 1. The summed E-state index contributed by atoms with van der Waals surface area (Å²) >= 11 is 5.76. The summed E-state index contributed by atoms with van der Waals surface area (Å²) in [5, 5.41) is 16.0. The van der Waals surface area contributed by atoms with Crippen LogP contribution in [0.4, 0.5) is 11.4 Å². The molecule has 2 aromatic carbocycles. The third-order valence-electron chi connectivity index (χ3n) is 6.22. The lowest BCUT2D eigenvalue weighted by Crippen LogP contribution is -2.29. The van der Waals surface area contributed by atoms with E-state index in [0.717, 1.165) is 22.5 Å². The van der Waals surface area contributed by atoms with Crippen LogP contribution in [0.2, 0.25) is 0 Å². The number of nitrogens with zero attached hydrogens (tertiary/aromatic N) is 2. The molecule has 0 radical (unpaired) electrons. The van der Waals surface area contributed by atoms with Gasteiger partial charge in [0, 0.05) is 30.1 Å². The van der Waals surface area contributed by atoms with Crippen molar-refractivity contribution >= 4 is 40.6 Å². The minimum Gasteiger partial charge on any atom is -0.478 e. The highest BCUT2D eigenvalue weighted by Gasteiger charge is 2.42. The molecule has 0 unspecified atom stereocenters. The number of amides is 1. The first kappa shape index (κ1) is 24.2. The fraction of sp³-hybridized carbons (Fsp3) is 0.143. The maximum absolute atomic E-state index is 11.4. The number of hydrogen-bond donors (Lipinski definition) is 3. The van der Waals surface area contributed by atoms with E-state index >= 15 is 0 Å². The molecule has 2 atom stereocenters. The van der Waals surface area contributed by atoms with Crippen molar-refractivity contribution in [3.8, 4) is 11.3 Å². The lowest BCUT2D eigenvalue weighted by Gasteiger charge is -2.26. The zero-order chi connectivity index (χ0) is 26.1. The molecule has 1 amide bonds. The first-order valence-electron chi connectivity index (χ1n) is 11.6. The second-order valence-corrected chi connectivity index (χ2v) is 9.15. The summed E-state index contributed by atoms with van der Waals surface area (Å²) in [5.74, 6) is 0.182. The number of aromatic carboxylic acids is 1. The van der Waals surface area contributed by atoms with Crippen molar-refractivity contribution in [3.63, 3.8) is 0 Å². The van der Waals surface area contributed by atoms with Crippen LogP contribution in [0.3, 0.4) is 0 Å². The number of anilines is 2. The third kappa shape index (κ3) is 4.81. The molecule has 1 fully saturated rings. The number of benzene rings is 2. The van der Waals surface area contributed by atoms with Crippen LogP contribution in [-0.4, -0.2) is 27.1 Å². The van der Waals surface area contributed by atoms with E-state index in [1.807, 2.05) is 66.4 Å². The van der Waals surface area contributed by atoms with Gasteiger partial charge in [-0.15, -0.1) is 0 Å². The Morgan fingerprint density at radius 2 is 1.86 bits per heavy atom. The number of carboxylic acid groups (broad SMARTS) is 1. The molecule has 8 nitrogen and oxygen atoms in total. The summed E-state index contributed by atoms with van der Waals surface area (Å²) in [5.41, 5.74) is 4.16. The number of furan rings is 1. The predicted molar refractivity (Wildman–Crippen MR) is 145 cm³/mol. The number of carboxylic acids is 1. The highest BCUT2D eigenvalue weighted by Crippen LogP contribution is 2.43. The quantitative estimate of drug-likeness (QED) is 0.291. The van der Waals surface area contributed by atoms with Crippen LogP contribution in [0.15, 0.2) is 83.4 Å².